The number of H-pyrrole nitrogens is 1. The van der Waals surface area contributed by atoms with Gasteiger partial charge in [-0.2, -0.15) is 23.3 Å². The van der Waals surface area contributed by atoms with Gasteiger partial charge in [0.25, 0.3) is 11.5 Å². The van der Waals surface area contributed by atoms with Gasteiger partial charge in [-0.15, -0.1) is 0 Å². The number of amides is 1. The number of benzene rings is 1. The van der Waals surface area contributed by atoms with Crippen molar-refractivity contribution in [1.29, 1.82) is 0 Å². The molecule has 2 N–H and O–H groups in total. The first-order chi connectivity index (χ1) is 21.9. The number of aryl methyl sites for hydroxylation is 1. The number of aromatic nitrogens is 6. The van der Waals surface area contributed by atoms with Crippen LogP contribution in [0.4, 0.5) is 19.0 Å². The molecule has 0 bridgehead atoms. The van der Waals surface area contributed by atoms with E-state index in [0.717, 1.165) is 23.0 Å². The second-order valence-electron chi connectivity index (χ2n) is 11.0. The number of hydrogen-bond donors (Lipinski definition) is 2. The van der Waals surface area contributed by atoms with Crippen LogP contribution in [0.15, 0.2) is 72.2 Å². The summed E-state index contributed by atoms with van der Waals surface area (Å²) in [5, 5.41) is 8.71. The molecule has 0 saturated heterocycles. The van der Waals surface area contributed by atoms with Gasteiger partial charge in [0.2, 0.25) is 0 Å². The lowest BCUT2D eigenvalue weighted by Gasteiger charge is -2.23. The first-order valence-corrected chi connectivity index (χ1v) is 14.4. The van der Waals surface area contributed by atoms with Gasteiger partial charge in [0.15, 0.2) is 5.82 Å². The molecular formula is C30H26ClF3N8O4. The van der Waals surface area contributed by atoms with Crippen molar-refractivity contribution >= 4 is 40.2 Å². The standard InChI is InChI=1S/C30H26ClF3N8O4/c1-40-14-19(12-38-40)24-13-36-26(37-17-29(7-8-29)20-2-4-21(31)5-3-20)27(44)41(24)16-25(43)42(46-28(45)30(32,33)34)15-22-10-18-11-35-9-6-23(18)39-22/h2-6,9-14,39H,7-8,15-17H2,1H3,(H,36,37). The van der Waals surface area contributed by atoms with Crippen molar-refractivity contribution in [3.05, 3.63) is 94.0 Å². The quantitative estimate of drug-likeness (QED) is 0.224. The van der Waals surface area contributed by atoms with E-state index >= 15 is 0 Å². The van der Waals surface area contributed by atoms with Gasteiger partial charge in [-0.3, -0.25) is 23.8 Å². The number of halogens is 4. The molecule has 4 aromatic heterocycles. The molecule has 1 aliphatic rings. The van der Waals surface area contributed by atoms with Gasteiger partial charge in [0.05, 0.1) is 24.6 Å². The molecule has 1 fully saturated rings. The Morgan fingerprint density at radius 2 is 1.91 bits per heavy atom. The minimum atomic E-state index is -5.38. The largest absolute Gasteiger partial charge is 0.493 e. The van der Waals surface area contributed by atoms with Crippen LogP contribution in [0.25, 0.3) is 22.2 Å². The summed E-state index contributed by atoms with van der Waals surface area (Å²) in [4.78, 5) is 55.1. The monoisotopic (exact) mass is 654 g/mol. The van der Waals surface area contributed by atoms with Gasteiger partial charge in [-0.1, -0.05) is 23.7 Å². The van der Waals surface area contributed by atoms with Crippen LogP contribution in [0.5, 0.6) is 0 Å². The molecule has 5 aromatic rings. The summed E-state index contributed by atoms with van der Waals surface area (Å²) < 4.78 is 42.2. The highest BCUT2D eigenvalue weighted by molar-refractivity contribution is 6.30. The Labute approximate surface area is 263 Å². The van der Waals surface area contributed by atoms with Crippen LogP contribution in [-0.2, 0) is 40.0 Å². The van der Waals surface area contributed by atoms with Crippen molar-refractivity contribution in [2.24, 2.45) is 7.05 Å². The molecule has 12 nitrogen and oxygen atoms in total. The van der Waals surface area contributed by atoms with Crippen molar-refractivity contribution in [2.45, 2.75) is 37.5 Å². The van der Waals surface area contributed by atoms with Gasteiger partial charge < -0.3 is 15.1 Å². The molecule has 0 spiro atoms. The maximum absolute atomic E-state index is 13.8. The number of fused-ring (bicyclic) bond motifs is 1. The number of carbonyl (C=O) groups is 2. The zero-order valence-corrected chi connectivity index (χ0v) is 25.0. The van der Waals surface area contributed by atoms with Gasteiger partial charge in [-0.25, -0.2) is 9.78 Å². The Bertz CT molecular complexity index is 1950. The van der Waals surface area contributed by atoms with E-state index in [0.29, 0.717) is 28.0 Å². The number of anilines is 1. The first-order valence-electron chi connectivity index (χ1n) is 14.0. The second kappa shape index (κ2) is 12.0. The minimum absolute atomic E-state index is 0.0670. The molecular weight excluding hydrogens is 629 g/mol. The topological polar surface area (TPSA) is 140 Å². The molecule has 16 heteroatoms. The number of carbonyl (C=O) groups excluding carboxylic acids is 2. The number of nitrogens with zero attached hydrogens (tertiary/aromatic N) is 6. The number of alkyl halides is 3. The predicted octanol–water partition coefficient (Wildman–Crippen LogP) is 4.37. The van der Waals surface area contributed by atoms with E-state index < -0.39 is 36.7 Å². The average molecular weight is 655 g/mol. The fraction of sp³-hybridized carbons (Fsp3) is 0.267. The number of pyridine rings is 1. The smallest absolute Gasteiger partial charge is 0.365 e. The van der Waals surface area contributed by atoms with Crippen LogP contribution in [-0.4, -0.2) is 59.0 Å². The van der Waals surface area contributed by atoms with Gasteiger partial charge in [0, 0.05) is 64.8 Å². The third-order valence-electron chi connectivity index (χ3n) is 7.75. The third-order valence-corrected chi connectivity index (χ3v) is 8.00. The zero-order chi connectivity index (χ0) is 32.6. The van der Waals surface area contributed by atoms with Crippen molar-refractivity contribution < 1.29 is 27.6 Å². The van der Waals surface area contributed by atoms with E-state index in [9.17, 15) is 27.6 Å². The molecule has 238 valence electrons. The molecule has 1 aromatic carbocycles. The summed E-state index contributed by atoms with van der Waals surface area (Å²) >= 11 is 6.04. The number of aromatic amines is 1. The fourth-order valence-corrected chi connectivity index (χ4v) is 5.26. The van der Waals surface area contributed by atoms with Gasteiger partial charge in [0.1, 0.15) is 6.54 Å². The van der Waals surface area contributed by atoms with Gasteiger partial charge in [-0.05, 0) is 42.7 Å². The molecule has 0 unspecified atom stereocenters. The van der Waals surface area contributed by atoms with E-state index in [2.05, 4.69) is 30.2 Å². The van der Waals surface area contributed by atoms with E-state index in [4.69, 9.17) is 11.6 Å². The third kappa shape index (κ3) is 6.44. The average Bonchev–Trinajstić information content (AvgIpc) is 3.49. The molecule has 1 amide bonds. The Balaban J connectivity index is 1.31. The molecule has 4 heterocycles. The van der Waals surface area contributed by atoms with Crippen LogP contribution < -0.4 is 10.9 Å². The van der Waals surface area contributed by atoms with E-state index in [1.54, 1.807) is 37.5 Å². The Kier molecular flexibility index (Phi) is 8.02. The zero-order valence-electron chi connectivity index (χ0n) is 24.2. The van der Waals surface area contributed by atoms with Crippen LogP contribution in [0.3, 0.4) is 0 Å². The molecule has 1 aliphatic carbocycles. The summed E-state index contributed by atoms with van der Waals surface area (Å²) in [5.41, 5.74) is 1.57. The second-order valence-corrected chi connectivity index (χ2v) is 11.4. The maximum atomic E-state index is 13.8. The summed E-state index contributed by atoms with van der Waals surface area (Å²) in [6.07, 6.45) is 3.79. The van der Waals surface area contributed by atoms with Crippen LogP contribution in [0, 0.1) is 0 Å². The Hall–Kier alpha value is -5.18. The SMILES string of the molecule is Cn1cc(-c2cnc(NCC3(c4ccc(Cl)cc4)CC3)c(=O)n2CC(=O)N(Cc2cc3cnccc3[nH]2)OC(=O)C(F)(F)F)cn1. The summed E-state index contributed by atoms with van der Waals surface area (Å²) in [7, 11) is 1.65. The lowest BCUT2D eigenvalue weighted by Crippen LogP contribution is -2.41. The maximum Gasteiger partial charge on any atom is 0.493 e. The number of nitrogens with one attached hydrogen (secondary N) is 2. The van der Waals surface area contributed by atoms with Crippen molar-refractivity contribution in [2.75, 3.05) is 11.9 Å². The van der Waals surface area contributed by atoms with Crippen molar-refractivity contribution in [3.8, 4) is 11.3 Å². The van der Waals surface area contributed by atoms with Crippen LogP contribution in [0.1, 0.15) is 24.1 Å². The van der Waals surface area contributed by atoms with Crippen molar-refractivity contribution in [1.82, 2.24) is 34.4 Å². The summed E-state index contributed by atoms with van der Waals surface area (Å²) in [6.45, 7) is -0.983. The van der Waals surface area contributed by atoms with E-state index in [1.165, 1.54) is 29.5 Å². The lowest BCUT2D eigenvalue weighted by molar-refractivity contribution is -0.239. The Morgan fingerprint density at radius 1 is 1.15 bits per heavy atom. The van der Waals surface area contributed by atoms with Crippen LogP contribution >= 0.6 is 11.6 Å². The summed E-state index contributed by atoms with van der Waals surface area (Å²) in [6, 6.07) is 10.6. The predicted molar refractivity (Wildman–Crippen MR) is 160 cm³/mol. The molecule has 46 heavy (non-hydrogen) atoms. The van der Waals surface area contributed by atoms with Crippen molar-refractivity contribution in [3.63, 3.8) is 0 Å². The fourth-order valence-electron chi connectivity index (χ4n) is 5.13. The van der Waals surface area contributed by atoms with E-state index in [-0.39, 0.29) is 27.7 Å². The van der Waals surface area contributed by atoms with Gasteiger partial charge >= 0.3 is 12.1 Å². The molecule has 0 radical (unpaired) electrons. The summed E-state index contributed by atoms with van der Waals surface area (Å²) in [5.74, 6) is -3.76. The highest BCUT2D eigenvalue weighted by atomic mass is 35.5. The molecule has 1 saturated carbocycles. The first kappa shape index (κ1) is 30.8. The van der Waals surface area contributed by atoms with Crippen LogP contribution in [0.2, 0.25) is 5.02 Å². The van der Waals surface area contributed by atoms with E-state index in [1.807, 2.05) is 12.1 Å². The number of hydroxylamine groups is 2. The normalized spacial score (nSPS) is 13.8. The molecule has 0 aliphatic heterocycles. The highest BCUT2D eigenvalue weighted by Crippen LogP contribution is 2.48. The lowest BCUT2D eigenvalue weighted by atomic mass is 9.96. The molecule has 6 rings (SSSR count). The minimum Gasteiger partial charge on any atom is -0.365 e. The molecule has 0 atom stereocenters. The number of rotatable bonds is 9. The Morgan fingerprint density at radius 3 is 2.57 bits per heavy atom. The highest BCUT2D eigenvalue weighted by Gasteiger charge is 2.45. The number of hydrogen-bond acceptors (Lipinski definition) is 8.